The van der Waals surface area contributed by atoms with E-state index in [4.69, 9.17) is 16.3 Å². The number of nitrogens with one attached hydrogen (secondary N) is 1. The summed E-state index contributed by atoms with van der Waals surface area (Å²) >= 11 is 6.32. The largest absolute Gasteiger partial charge is 0.394 e. The van der Waals surface area contributed by atoms with E-state index in [-0.39, 0.29) is 12.1 Å². The molecule has 0 aliphatic heterocycles. The zero-order valence-corrected chi connectivity index (χ0v) is 13.5. The van der Waals surface area contributed by atoms with E-state index in [2.05, 4.69) is 10.2 Å². The molecule has 0 atom stereocenters. The fourth-order valence-electron chi connectivity index (χ4n) is 1.86. The number of ether oxygens (including phenoxy) is 1. The second-order valence-electron chi connectivity index (χ2n) is 5.44. The first-order valence-electron chi connectivity index (χ1n) is 6.75. The molecule has 0 aromatic heterocycles. The van der Waals surface area contributed by atoms with Crippen molar-refractivity contribution in [2.45, 2.75) is 25.9 Å². The lowest BCUT2D eigenvalue weighted by Gasteiger charge is -2.37. The van der Waals surface area contributed by atoms with Crippen LogP contribution in [-0.4, -0.2) is 44.6 Å². The van der Waals surface area contributed by atoms with Crippen LogP contribution in [0.25, 0.3) is 0 Å². The molecule has 1 aromatic carbocycles. The Kier molecular flexibility index (Phi) is 6.76. The van der Waals surface area contributed by atoms with Gasteiger partial charge in [-0.25, -0.2) is 0 Å². The quantitative estimate of drug-likeness (QED) is 0.723. The van der Waals surface area contributed by atoms with Crippen LogP contribution < -0.4 is 10.2 Å². The molecule has 0 saturated heterocycles. The van der Waals surface area contributed by atoms with Gasteiger partial charge in [0.05, 0.1) is 18.8 Å². The molecule has 0 aliphatic rings. The third-order valence-electron chi connectivity index (χ3n) is 3.54. The van der Waals surface area contributed by atoms with Gasteiger partial charge < -0.3 is 20.1 Å². The van der Waals surface area contributed by atoms with E-state index in [9.17, 15) is 5.11 Å². The average molecular weight is 301 g/mol. The van der Waals surface area contributed by atoms with Crippen LogP contribution >= 0.6 is 11.6 Å². The van der Waals surface area contributed by atoms with E-state index in [0.29, 0.717) is 13.2 Å². The molecule has 0 bridgehead atoms. The van der Waals surface area contributed by atoms with Crippen LogP contribution in [0, 0.1) is 0 Å². The maximum atomic E-state index is 9.53. The lowest BCUT2D eigenvalue weighted by molar-refractivity contribution is 0.199. The number of hydrogen-bond acceptors (Lipinski definition) is 4. The van der Waals surface area contributed by atoms with Crippen molar-refractivity contribution in [3.63, 3.8) is 0 Å². The van der Waals surface area contributed by atoms with Crippen LogP contribution in [-0.2, 0) is 11.3 Å². The minimum absolute atomic E-state index is 0.0759. The van der Waals surface area contributed by atoms with Gasteiger partial charge in [-0.05, 0) is 26.0 Å². The molecule has 1 aromatic rings. The summed E-state index contributed by atoms with van der Waals surface area (Å²) < 4.78 is 5.02. The van der Waals surface area contributed by atoms with Crippen LogP contribution in [0.2, 0.25) is 5.02 Å². The molecule has 0 radical (unpaired) electrons. The van der Waals surface area contributed by atoms with Crippen LogP contribution in [0.3, 0.4) is 0 Å². The Bertz CT molecular complexity index is 424. The van der Waals surface area contributed by atoms with E-state index in [1.54, 1.807) is 7.11 Å². The van der Waals surface area contributed by atoms with Crippen LogP contribution in [0.5, 0.6) is 0 Å². The van der Waals surface area contributed by atoms with Gasteiger partial charge in [0.2, 0.25) is 0 Å². The summed E-state index contributed by atoms with van der Waals surface area (Å²) in [5.74, 6) is 0. The standard InChI is InChI=1S/C15H25ClN2O2/c1-15(2,11-19)18(3)14-7-5-6-13(16)12(14)10-17-8-9-20-4/h5-7,17,19H,8-11H2,1-4H3. The van der Waals surface area contributed by atoms with E-state index >= 15 is 0 Å². The Morgan fingerprint density at radius 2 is 2.10 bits per heavy atom. The second-order valence-corrected chi connectivity index (χ2v) is 5.84. The molecule has 1 rings (SSSR count). The van der Waals surface area contributed by atoms with Crippen molar-refractivity contribution < 1.29 is 9.84 Å². The maximum Gasteiger partial charge on any atom is 0.0658 e. The number of aliphatic hydroxyl groups excluding tert-OH is 1. The van der Waals surface area contributed by atoms with Gasteiger partial charge in [-0.1, -0.05) is 17.7 Å². The summed E-state index contributed by atoms with van der Waals surface area (Å²) in [6.07, 6.45) is 0. The third-order valence-corrected chi connectivity index (χ3v) is 3.89. The summed E-state index contributed by atoms with van der Waals surface area (Å²) in [5.41, 5.74) is 1.72. The van der Waals surface area contributed by atoms with Gasteiger partial charge >= 0.3 is 0 Å². The third kappa shape index (κ3) is 4.35. The molecule has 20 heavy (non-hydrogen) atoms. The van der Waals surface area contributed by atoms with Gasteiger partial charge in [0.1, 0.15) is 0 Å². The van der Waals surface area contributed by atoms with Gasteiger partial charge in [-0.15, -0.1) is 0 Å². The number of anilines is 1. The summed E-state index contributed by atoms with van der Waals surface area (Å²) in [4.78, 5) is 2.06. The summed E-state index contributed by atoms with van der Waals surface area (Å²) in [6, 6.07) is 5.84. The number of halogens is 1. The van der Waals surface area contributed by atoms with Crippen molar-refractivity contribution >= 4 is 17.3 Å². The zero-order chi connectivity index (χ0) is 15.2. The molecule has 114 valence electrons. The molecule has 0 fully saturated rings. The Morgan fingerprint density at radius 3 is 2.70 bits per heavy atom. The van der Waals surface area contributed by atoms with Crippen molar-refractivity contribution in [2.24, 2.45) is 0 Å². The topological polar surface area (TPSA) is 44.7 Å². The molecule has 0 aliphatic carbocycles. The van der Waals surface area contributed by atoms with Crippen molar-refractivity contribution in [1.82, 2.24) is 5.32 Å². The highest BCUT2D eigenvalue weighted by Crippen LogP contribution is 2.30. The van der Waals surface area contributed by atoms with Crippen LogP contribution in [0.1, 0.15) is 19.4 Å². The highest BCUT2D eigenvalue weighted by atomic mass is 35.5. The summed E-state index contributed by atoms with van der Waals surface area (Å²) in [7, 11) is 3.65. The molecule has 2 N–H and O–H groups in total. The number of likely N-dealkylation sites (N-methyl/N-ethyl adjacent to an activating group) is 1. The molecule has 0 unspecified atom stereocenters. The SMILES string of the molecule is COCCNCc1c(Cl)cccc1N(C)C(C)(C)CO. The molecule has 5 heteroatoms. The Hall–Kier alpha value is -0.810. The normalized spacial score (nSPS) is 11.7. The van der Waals surface area contributed by atoms with Gasteiger partial charge in [0.15, 0.2) is 0 Å². The molecule has 0 saturated carbocycles. The van der Waals surface area contributed by atoms with Crippen molar-refractivity contribution in [3.05, 3.63) is 28.8 Å². The monoisotopic (exact) mass is 300 g/mol. The van der Waals surface area contributed by atoms with E-state index < -0.39 is 0 Å². The first-order valence-corrected chi connectivity index (χ1v) is 7.13. The average Bonchev–Trinajstić information content (AvgIpc) is 2.44. The number of methoxy groups -OCH3 is 1. The first kappa shape index (κ1) is 17.2. The molecular weight excluding hydrogens is 276 g/mol. The van der Waals surface area contributed by atoms with Crippen LogP contribution in [0.4, 0.5) is 5.69 Å². The fraction of sp³-hybridized carbons (Fsp3) is 0.600. The highest BCUT2D eigenvalue weighted by Gasteiger charge is 2.25. The molecular formula is C15H25ClN2O2. The lowest BCUT2D eigenvalue weighted by Crippen LogP contribution is -2.45. The number of nitrogens with zero attached hydrogens (tertiary/aromatic N) is 1. The number of benzene rings is 1. The van der Waals surface area contributed by atoms with E-state index in [0.717, 1.165) is 22.8 Å². The minimum Gasteiger partial charge on any atom is -0.394 e. The van der Waals surface area contributed by atoms with E-state index in [1.807, 2.05) is 39.1 Å². The number of aliphatic hydroxyl groups is 1. The molecule has 0 amide bonds. The summed E-state index contributed by atoms with van der Waals surface area (Å²) in [6.45, 7) is 6.18. The zero-order valence-electron chi connectivity index (χ0n) is 12.7. The summed E-state index contributed by atoms with van der Waals surface area (Å²) in [5, 5.41) is 13.6. The molecule has 0 heterocycles. The van der Waals surface area contributed by atoms with Gasteiger partial charge in [0, 0.05) is 43.5 Å². The second kappa shape index (κ2) is 7.84. The first-order chi connectivity index (χ1) is 9.44. The van der Waals surface area contributed by atoms with Gasteiger partial charge in [-0.2, -0.15) is 0 Å². The van der Waals surface area contributed by atoms with E-state index in [1.165, 1.54) is 0 Å². The van der Waals surface area contributed by atoms with Gasteiger partial charge in [0.25, 0.3) is 0 Å². The Balaban J connectivity index is 2.93. The lowest BCUT2D eigenvalue weighted by atomic mass is 10.0. The van der Waals surface area contributed by atoms with Crippen molar-refractivity contribution in [2.75, 3.05) is 38.8 Å². The smallest absolute Gasteiger partial charge is 0.0658 e. The van der Waals surface area contributed by atoms with Gasteiger partial charge in [-0.3, -0.25) is 0 Å². The minimum atomic E-state index is -0.341. The molecule has 4 nitrogen and oxygen atoms in total. The number of hydrogen-bond donors (Lipinski definition) is 2. The number of rotatable bonds is 8. The molecule has 0 spiro atoms. The van der Waals surface area contributed by atoms with Crippen LogP contribution in [0.15, 0.2) is 18.2 Å². The fourth-order valence-corrected chi connectivity index (χ4v) is 2.09. The Morgan fingerprint density at radius 1 is 1.40 bits per heavy atom. The highest BCUT2D eigenvalue weighted by molar-refractivity contribution is 6.31. The predicted octanol–water partition coefficient (Wildman–Crippen LogP) is 2.28. The Labute approximate surface area is 126 Å². The van der Waals surface area contributed by atoms with Crippen molar-refractivity contribution in [3.8, 4) is 0 Å². The van der Waals surface area contributed by atoms with Crippen molar-refractivity contribution in [1.29, 1.82) is 0 Å². The maximum absolute atomic E-state index is 9.53. The predicted molar refractivity (Wildman–Crippen MR) is 84.6 cm³/mol.